The highest BCUT2D eigenvalue weighted by Crippen LogP contribution is 1.72. The first kappa shape index (κ1) is 10.9. The van der Waals surface area contributed by atoms with E-state index >= 15 is 0 Å². The van der Waals surface area contributed by atoms with E-state index in [2.05, 4.69) is 17.6 Å². The molecule has 0 aliphatic carbocycles. The van der Waals surface area contributed by atoms with Crippen LogP contribution in [0.15, 0.2) is 0 Å². The molecule has 2 N–H and O–H groups in total. The van der Waals surface area contributed by atoms with Crippen molar-refractivity contribution >= 4 is 0 Å². The van der Waals surface area contributed by atoms with Gasteiger partial charge in [0.2, 0.25) is 0 Å². The molecule has 0 aromatic rings. The summed E-state index contributed by atoms with van der Waals surface area (Å²) in [5.74, 6) is 0. The van der Waals surface area contributed by atoms with Crippen molar-refractivity contribution < 1.29 is 4.74 Å². The monoisotopic (exact) mass is 160 g/mol. The van der Waals surface area contributed by atoms with Crippen molar-refractivity contribution in [3.63, 3.8) is 0 Å². The summed E-state index contributed by atoms with van der Waals surface area (Å²) < 4.78 is 4.89. The second kappa shape index (κ2) is 9.88. The van der Waals surface area contributed by atoms with Crippen LogP contribution >= 0.6 is 0 Å². The Labute approximate surface area is 69.5 Å². The van der Waals surface area contributed by atoms with Gasteiger partial charge in [-0.15, -0.1) is 0 Å². The molecule has 3 heteroatoms. The maximum atomic E-state index is 4.89. The van der Waals surface area contributed by atoms with Crippen LogP contribution in [0.25, 0.3) is 0 Å². The van der Waals surface area contributed by atoms with Crippen LogP contribution in [0.2, 0.25) is 0 Å². The first-order chi connectivity index (χ1) is 5.41. The van der Waals surface area contributed by atoms with Crippen molar-refractivity contribution in [2.75, 3.05) is 39.9 Å². The molecule has 0 aromatic carbocycles. The molecule has 68 valence electrons. The number of nitrogens with one attached hydrogen (secondary N) is 2. The van der Waals surface area contributed by atoms with Crippen LogP contribution in [0.4, 0.5) is 0 Å². The minimum absolute atomic E-state index is 0.807. The molecule has 0 aromatic heterocycles. The van der Waals surface area contributed by atoms with Crippen LogP contribution in [0.5, 0.6) is 0 Å². The minimum Gasteiger partial charge on any atom is -0.383 e. The Hall–Kier alpha value is -0.120. The highest BCUT2D eigenvalue weighted by atomic mass is 16.5. The van der Waals surface area contributed by atoms with Crippen LogP contribution in [-0.4, -0.2) is 39.9 Å². The summed E-state index contributed by atoms with van der Waals surface area (Å²) >= 11 is 0. The molecule has 0 amide bonds. The number of ether oxygens (including phenoxy) is 1. The Bertz CT molecular complexity index is 61.1. The highest BCUT2D eigenvalue weighted by Gasteiger charge is 1.86. The van der Waals surface area contributed by atoms with E-state index in [-0.39, 0.29) is 0 Å². The van der Waals surface area contributed by atoms with Crippen molar-refractivity contribution in [2.45, 2.75) is 13.3 Å². The van der Waals surface area contributed by atoms with Gasteiger partial charge in [0, 0.05) is 13.7 Å². The van der Waals surface area contributed by atoms with Crippen molar-refractivity contribution in [1.29, 1.82) is 0 Å². The summed E-state index contributed by atoms with van der Waals surface area (Å²) in [6.45, 7) is 7.15. The van der Waals surface area contributed by atoms with E-state index in [1.54, 1.807) is 7.11 Å². The van der Waals surface area contributed by atoms with Gasteiger partial charge in [-0.2, -0.15) is 0 Å². The summed E-state index contributed by atoms with van der Waals surface area (Å²) in [5.41, 5.74) is 0. The summed E-state index contributed by atoms with van der Waals surface area (Å²) in [4.78, 5) is 0. The summed E-state index contributed by atoms with van der Waals surface area (Å²) in [6.07, 6.45) is 1.19. The fraction of sp³-hybridized carbons (Fsp3) is 1.00. The fourth-order valence-corrected chi connectivity index (χ4v) is 0.814. The average Bonchev–Trinajstić information content (AvgIpc) is 2.03. The smallest absolute Gasteiger partial charge is 0.0587 e. The number of hydrogen-bond donors (Lipinski definition) is 2. The van der Waals surface area contributed by atoms with Gasteiger partial charge in [-0.25, -0.2) is 0 Å². The van der Waals surface area contributed by atoms with E-state index in [9.17, 15) is 0 Å². The highest BCUT2D eigenvalue weighted by molar-refractivity contribution is 4.49. The van der Waals surface area contributed by atoms with Crippen LogP contribution in [0.1, 0.15) is 13.3 Å². The predicted octanol–water partition coefficient (Wildman–Crippen LogP) is 0.222. The molecule has 0 rings (SSSR count). The topological polar surface area (TPSA) is 33.3 Å². The molecule has 0 aliphatic heterocycles. The van der Waals surface area contributed by atoms with Crippen molar-refractivity contribution in [3.8, 4) is 0 Å². The molecule has 0 aliphatic rings. The van der Waals surface area contributed by atoms with E-state index in [1.807, 2.05) is 0 Å². The summed E-state index contributed by atoms with van der Waals surface area (Å²) in [5, 5.41) is 6.55. The predicted molar refractivity (Wildman–Crippen MR) is 47.9 cm³/mol. The van der Waals surface area contributed by atoms with Gasteiger partial charge in [0.15, 0.2) is 0 Å². The Kier molecular flexibility index (Phi) is 9.77. The third-order valence-electron chi connectivity index (χ3n) is 1.44. The number of rotatable bonds is 8. The van der Waals surface area contributed by atoms with Crippen LogP contribution in [-0.2, 0) is 4.74 Å². The Balaban J connectivity index is 2.69. The lowest BCUT2D eigenvalue weighted by Gasteiger charge is -2.03. The van der Waals surface area contributed by atoms with E-state index in [1.165, 1.54) is 6.42 Å². The molecule has 0 fully saturated rings. The summed E-state index contributed by atoms with van der Waals surface area (Å²) in [6, 6.07) is 0. The lowest BCUT2D eigenvalue weighted by atomic mass is 10.4. The average molecular weight is 160 g/mol. The van der Waals surface area contributed by atoms with Gasteiger partial charge in [-0.05, 0) is 26.1 Å². The Morgan fingerprint density at radius 3 is 2.45 bits per heavy atom. The second-order valence-corrected chi connectivity index (χ2v) is 2.45. The molecule has 0 bridgehead atoms. The lowest BCUT2D eigenvalue weighted by Crippen LogP contribution is -2.24. The van der Waals surface area contributed by atoms with Gasteiger partial charge in [0.05, 0.1) is 6.61 Å². The van der Waals surface area contributed by atoms with E-state index < -0.39 is 0 Å². The van der Waals surface area contributed by atoms with Crippen LogP contribution in [0.3, 0.4) is 0 Å². The van der Waals surface area contributed by atoms with Crippen molar-refractivity contribution in [1.82, 2.24) is 10.6 Å². The van der Waals surface area contributed by atoms with E-state index in [4.69, 9.17) is 4.74 Å². The zero-order valence-electron chi connectivity index (χ0n) is 7.65. The molecule has 11 heavy (non-hydrogen) atoms. The van der Waals surface area contributed by atoms with Crippen LogP contribution < -0.4 is 10.6 Å². The van der Waals surface area contributed by atoms with Gasteiger partial charge in [0.1, 0.15) is 0 Å². The molecule has 0 heterocycles. The fourth-order valence-electron chi connectivity index (χ4n) is 0.814. The minimum atomic E-state index is 0.807. The molecule has 0 unspecified atom stereocenters. The standard InChI is InChI=1S/C8H20N2O/c1-3-9-5-4-6-10-7-8-11-2/h9-10H,3-8H2,1-2H3. The van der Waals surface area contributed by atoms with E-state index in [0.717, 1.165) is 32.8 Å². The van der Waals surface area contributed by atoms with Gasteiger partial charge < -0.3 is 15.4 Å². The molecule has 0 saturated carbocycles. The molecular weight excluding hydrogens is 140 g/mol. The molecule has 0 radical (unpaired) electrons. The largest absolute Gasteiger partial charge is 0.383 e. The van der Waals surface area contributed by atoms with Gasteiger partial charge in [-0.1, -0.05) is 6.92 Å². The maximum absolute atomic E-state index is 4.89. The van der Waals surface area contributed by atoms with Gasteiger partial charge >= 0.3 is 0 Å². The zero-order valence-corrected chi connectivity index (χ0v) is 7.65. The third-order valence-corrected chi connectivity index (χ3v) is 1.44. The third kappa shape index (κ3) is 9.88. The quantitative estimate of drug-likeness (QED) is 0.498. The molecular formula is C8H20N2O. The molecule has 3 nitrogen and oxygen atoms in total. The number of methoxy groups -OCH3 is 1. The van der Waals surface area contributed by atoms with Gasteiger partial charge in [-0.3, -0.25) is 0 Å². The number of hydrogen-bond acceptors (Lipinski definition) is 3. The zero-order chi connectivity index (χ0) is 8.36. The second-order valence-electron chi connectivity index (χ2n) is 2.45. The van der Waals surface area contributed by atoms with Crippen LogP contribution in [0, 0.1) is 0 Å². The van der Waals surface area contributed by atoms with Gasteiger partial charge in [0.25, 0.3) is 0 Å². The summed E-state index contributed by atoms with van der Waals surface area (Å²) in [7, 11) is 1.72. The SMILES string of the molecule is CCNCCCNCCOC. The maximum Gasteiger partial charge on any atom is 0.0587 e. The first-order valence-corrected chi connectivity index (χ1v) is 4.32. The lowest BCUT2D eigenvalue weighted by molar-refractivity contribution is 0.199. The molecule has 0 spiro atoms. The molecule has 0 saturated heterocycles. The Morgan fingerprint density at radius 1 is 1.09 bits per heavy atom. The first-order valence-electron chi connectivity index (χ1n) is 4.32. The van der Waals surface area contributed by atoms with E-state index in [0.29, 0.717) is 0 Å². The van der Waals surface area contributed by atoms with Crippen molar-refractivity contribution in [3.05, 3.63) is 0 Å². The Morgan fingerprint density at radius 2 is 1.82 bits per heavy atom. The molecule has 0 atom stereocenters. The van der Waals surface area contributed by atoms with Crippen molar-refractivity contribution in [2.24, 2.45) is 0 Å². The normalized spacial score (nSPS) is 10.4.